The smallest absolute Gasteiger partial charge is 0.420 e. The molecular formula is C15H8F9NO. The molecule has 2 aromatic rings. The Morgan fingerprint density at radius 3 is 1.58 bits per heavy atom. The number of rotatable bonds is 2. The summed E-state index contributed by atoms with van der Waals surface area (Å²) in [6, 6.07) is 2.68. The van der Waals surface area contributed by atoms with E-state index in [4.69, 9.17) is 10.5 Å². The van der Waals surface area contributed by atoms with Crippen LogP contribution in [0, 0.1) is 0 Å². The van der Waals surface area contributed by atoms with Crippen molar-refractivity contribution in [2.75, 3.05) is 5.73 Å². The third-order valence-electron chi connectivity index (χ3n) is 3.17. The second-order valence-corrected chi connectivity index (χ2v) is 5.06. The van der Waals surface area contributed by atoms with E-state index in [2.05, 4.69) is 0 Å². The number of ether oxygens (including phenoxy) is 1. The first-order valence-corrected chi connectivity index (χ1v) is 6.62. The number of halogens is 9. The normalized spacial score (nSPS) is 13.0. The average molecular weight is 389 g/mol. The Bertz CT molecular complexity index is 789. The molecule has 0 aliphatic heterocycles. The standard InChI is InChI=1S/C15H8F9NO/c16-13(17,18)7-1-3-8(4-2-7)26-12-6-11(25)9(14(19,20)21)5-10(12)15(22,23)24/h1-6H,25H2. The van der Waals surface area contributed by atoms with Crippen molar-refractivity contribution in [3.63, 3.8) is 0 Å². The molecule has 142 valence electrons. The van der Waals surface area contributed by atoms with Crippen molar-refractivity contribution < 1.29 is 44.3 Å². The highest BCUT2D eigenvalue weighted by Gasteiger charge is 2.40. The number of nitrogen functional groups attached to an aromatic ring is 1. The molecular weight excluding hydrogens is 381 g/mol. The van der Waals surface area contributed by atoms with Crippen LogP contribution in [-0.2, 0) is 18.5 Å². The molecule has 11 heteroatoms. The van der Waals surface area contributed by atoms with Crippen LogP contribution in [0.1, 0.15) is 16.7 Å². The maximum absolute atomic E-state index is 13.0. The molecule has 26 heavy (non-hydrogen) atoms. The van der Waals surface area contributed by atoms with Crippen molar-refractivity contribution in [3.05, 3.63) is 53.1 Å². The zero-order chi connectivity index (χ0) is 19.9. The first-order valence-electron chi connectivity index (χ1n) is 6.62. The molecule has 0 spiro atoms. The maximum atomic E-state index is 13.0. The van der Waals surface area contributed by atoms with Crippen molar-refractivity contribution in [3.8, 4) is 11.5 Å². The minimum Gasteiger partial charge on any atom is -0.457 e. The number of anilines is 1. The number of alkyl halides is 9. The second kappa shape index (κ2) is 6.29. The Labute approximate surface area is 140 Å². The number of nitrogens with two attached hydrogens (primary N) is 1. The van der Waals surface area contributed by atoms with Crippen molar-refractivity contribution in [1.29, 1.82) is 0 Å². The van der Waals surface area contributed by atoms with E-state index in [1.807, 2.05) is 0 Å². The van der Waals surface area contributed by atoms with Crippen molar-refractivity contribution >= 4 is 5.69 Å². The van der Waals surface area contributed by atoms with Gasteiger partial charge in [-0.25, -0.2) is 0 Å². The summed E-state index contributed by atoms with van der Waals surface area (Å²) in [5.74, 6) is -1.51. The molecule has 0 bridgehead atoms. The Kier molecular flexibility index (Phi) is 4.77. The van der Waals surface area contributed by atoms with Crippen LogP contribution in [0.25, 0.3) is 0 Å². The predicted octanol–water partition coefficient (Wildman–Crippen LogP) is 6.12. The fourth-order valence-corrected chi connectivity index (χ4v) is 1.99. The van der Waals surface area contributed by atoms with Gasteiger partial charge in [0, 0.05) is 11.8 Å². The quantitative estimate of drug-likeness (QED) is 0.496. The van der Waals surface area contributed by atoms with Crippen LogP contribution < -0.4 is 10.5 Å². The van der Waals surface area contributed by atoms with Gasteiger partial charge in [-0.15, -0.1) is 0 Å². The zero-order valence-corrected chi connectivity index (χ0v) is 12.4. The molecule has 2 aromatic carbocycles. The summed E-state index contributed by atoms with van der Waals surface area (Å²) in [7, 11) is 0. The summed E-state index contributed by atoms with van der Waals surface area (Å²) in [6.07, 6.45) is -15.0. The maximum Gasteiger partial charge on any atom is 0.420 e. The summed E-state index contributed by atoms with van der Waals surface area (Å²) in [4.78, 5) is 0. The molecule has 0 aromatic heterocycles. The zero-order valence-electron chi connectivity index (χ0n) is 12.4. The molecule has 2 nitrogen and oxygen atoms in total. The molecule has 0 saturated carbocycles. The number of hydrogen-bond acceptors (Lipinski definition) is 2. The molecule has 0 unspecified atom stereocenters. The van der Waals surface area contributed by atoms with Gasteiger partial charge in [-0.1, -0.05) is 0 Å². The van der Waals surface area contributed by atoms with Gasteiger partial charge in [-0.3, -0.25) is 0 Å². The van der Waals surface area contributed by atoms with Crippen LogP contribution in [0.15, 0.2) is 36.4 Å². The van der Waals surface area contributed by atoms with E-state index in [0.29, 0.717) is 18.2 Å². The fraction of sp³-hybridized carbons (Fsp3) is 0.200. The lowest BCUT2D eigenvalue weighted by Crippen LogP contribution is -2.14. The molecule has 2 N–H and O–H groups in total. The minimum absolute atomic E-state index is 0.214. The van der Waals surface area contributed by atoms with Gasteiger partial charge in [0.2, 0.25) is 0 Å². The van der Waals surface area contributed by atoms with E-state index in [0.717, 1.165) is 12.1 Å². The van der Waals surface area contributed by atoms with E-state index in [9.17, 15) is 39.5 Å². The first-order chi connectivity index (χ1) is 11.7. The van der Waals surface area contributed by atoms with Gasteiger partial charge in [-0.05, 0) is 30.3 Å². The molecule has 0 heterocycles. The predicted molar refractivity (Wildman–Crippen MR) is 72.4 cm³/mol. The SMILES string of the molecule is Nc1cc(Oc2ccc(C(F)(F)F)cc2)c(C(F)(F)F)cc1C(F)(F)F. The summed E-state index contributed by atoms with van der Waals surface area (Å²) >= 11 is 0. The summed E-state index contributed by atoms with van der Waals surface area (Å²) in [5, 5.41) is 0. The molecule has 0 atom stereocenters. The van der Waals surface area contributed by atoms with Gasteiger partial charge in [0.05, 0.1) is 16.7 Å². The Morgan fingerprint density at radius 1 is 0.654 bits per heavy atom. The Hall–Kier alpha value is -2.59. The van der Waals surface area contributed by atoms with Gasteiger partial charge in [0.15, 0.2) is 0 Å². The van der Waals surface area contributed by atoms with Gasteiger partial charge in [0.25, 0.3) is 0 Å². The molecule has 0 aliphatic carbocycles. The van der Waals surface area contributed by atoms with Gasteiger partial charge in [0.1, 0.15) is 11.5 Å². The van der Waals surface area contributed by atoms with Crippen LogP contribution in [0.5, 0.6) is 11.5 Å². The van der Waals surface area contributed by atoms with Crippen LogP contribution in [0.4, 0.5) is 45.2 Å². The van der Waals surface area contributed by atoms with Crippen molar-refractivity contribution in [1.82, 2.24) is 0 Å². The number of benzene rings is 2. The van der Waals surface area contributed by atoms with Crippen LogP contribution in [0.3, 0.4) is 0 Å². The largest absolute Gasteiger partial charge is 0.457 e. The monoisotopic (exact) mass is 389 g/mol. The van der Waals surface area contributed by atoms with Crippen LogP contribution in [-0.4, -0.2) is 0 Å². The minimum atomic E-state index is -5.21. The van der Waals surface area contributed by atoms with Crippen molar-refractivity contribution in [2.45, 2.75) is 18.5 Å². The molecule has 0 fully saturated rings. The van der Waals surface area contributed by atoms with Crippen molar-refractivity contribution in [2.24, 2.45) is 0 Å². The average Bonchev–Trinajstić information content (AvgIpc) is 2.44. The third-order valence-corrected chi connectivity index (χ3v) is 3.17. The Morgan fingerprint density at radius 2 is 1.15 bits per heavy atom. The highest BCUT2D eigenvalue weighted by Crippen LogP contribution is 2.44. The van der Waals surface area contributed by atoms with Gasteiger partial charge in [-0.2, -0.15) is 39.5 Å². The van der Waals surface area contributed by atoms with Gasteiger partial charge >= 0.3 is 18.5 Å². The number of hydrogen-bond donors (Lipinski definition) is 1. The lowest BCUT2D eigenvalue weighted by atomic mass is 10.1. The van der Waals surface area contributed by atoms with Crippen LogP contribution >= 0.6 is 0 Å². The topological polar surface area (TPSA) is 35.2 Å². The second-order valence-electron chi connectivity index (χ2n) is 5.06. The Balaban J connectivity index is 2.47. The van der Waals surface area contributed by atoms with E-state index in [-0.39, 0.29) is 6.07 Å². The molecule has 0 radical (unpaired) electrons. The van der Waals surface area contributed by atoms with E-state index in [1.54, 1.807) is 0 Å². The lowest BCUT2D eigenvalue weighted by molar-refractivity contribution is -0.143. The van der Waals surface area contributed by atoms with Gasteiger partial charge < -0.3 is 10.5 Å². The van der Waals surface area contributed by atoms with E-state index in [1.165, 1.54) is 0 Å². The third kappa shape index (κ3) is 4.33. The van der Waals surface area contributed by atoms with E-state index >= 15 is 0 Å². The molecule has 0 saturated heterocycles. The fourth-order valence-electron chi connectivity index (χ4n) is 1.99. The summed E-state index contributed by atoms with van der Waals surface area (Å²) in [5.41, 5.74) is -0.428. The summed E-state index contributed by atoms with van der Waals surface area (Å²) in [6.45, 7) is 0. The van der Waals surface area contributed by atoms with E-state index < -0.39 is 52.4 Å². The highest BCUT2D eigenvalue weighted by atomic mass is 19.4. The molecule has 2 rings (SSSR count). The molecule has 0 amide bonds. The lowest BCUT2D eigenvalue weighted by Gasteiger charge is -2.18. The summed E-state index contributed by atoms with van der Waals surface area (Å²) < 4.78 is 120. The molecule has 0 aliphatic rings. The highest BCUT2D eigenvalue weighted by molar-refractivity contribution is 5.58. The van der Waals surface area contributed by atoms with Crippen LogP contribution in [0.2, 0.25) is 0 Å². The first kappa shape index (κ1) is 19.7.